The van der Waals surface area contributed by atoms with Crippen LogP contribution in [0.1, 0.15) is 6.92 Å². The van der Waals surface area contributed by atoms with E-state index in [1.807, 2.05) is 0 Å². The van der Waals surface area contributed by atoms with Crippen molar-refractivity contribution in [1.29, 1.82) is 0 Å². The molecule has 9 heteroatoms. The van der Waals surface area contributed by atoms with Gasteiger partial charge in [0.25, 0.3) is 0 Å². The van der Waals surface area contributed by atoms with Crippen molar-refractivity contribution < 1.29 is 22.0 Å². The van der Waals surface area contributed by atoms with Gasteiger partial charge in [0.15, 0.2) is 0 Å². The molecule has 0 aromatic rings. The summed E-state index contributed by atoms with van der Waals surface area (Å²) in [6, 6.07) is -0.424. The van der Waals surface area contributed by atoms with Crippen LogP contribution in [0.3, 0.4) is 0 Å². The molecule has 1 atom stereocenters. The molecule has 17 heavy (non-hydrogen) atoms. The van der Waals surface area contributed by atoms with Crippen molar-refractivity contribution in [2.24, 2.45) is 20.2 Å². The van der Waals surface area contributed by atoms with Crippen molar-refractivity contribution in [1.82, 2.24) is 0 Å². The number of hydrogen-bond donors (Lipinski definition) is 0. The number of halogens is 5. The number of fused-ring (bicyclic) bond motifs is 1. The van der Waals surface area contributed by atoms with Gasteiger partial charge in [-0.2, -0.15) is 27.1 Å². The van der Waals surface area contributed by atoms with Gasteiger partial charge in [-0.15, -0.1) is 5.11 Å². The van der Waals surface area contributed by atoms with Gasteiger partial charge in [0.1, 0.15) is 5.70 Å². The van der Waals surface area contributed by atoms with E-state index in [2.05, 4.69) is 20.2 Å². The second kappa shape index (κ2) is 3.41. The Morgan fingerprint density at radius 2 is 1.76 bits per heavy atom. The van der Waals surface area contributed by atoms with Crippen LogP contribution in [0.2, 0.25) is 0 Å². The van der Waals surface area contributed by atoms with Crippen LogP contribution in [0.5, 0.6) is 0 Å². The molecule has 92 valence electrons. The van der Waals surface area contributed by atoms with Gasteiger partial charge in [0.05, 0.1) is 6.04 Å². The second-order valence-electron chi connectivity index (χ2n) is 3.45. The molecule has 0 aliphatic carbocycles. The zero-order valence-electron chi connectivity index (χ0n) is 8.33. The molecule has 0 amide bonds. The molecule has 0 fully saturated rings. The van der Waals surface area contributed by atoms with Gasteiger partial charge in [-0.25, -0.2) is 9.98 Å². The number of hydrogen-bond acceptors (Lipinski definition) is 4. The Morgan fingerprint density at radius 1 is 1.12 bits per heavy atom. The normalized spacial score (nSPS) is 24.1. The number of amidine groups is 2. The van der Waals surface area contributed by atoms with E-state index in [4.69, 9.17) is 0 Å². The van der Waals surface area contributed by atoms with Gasteiger partial charge >= 0.3 is 12.1 Å². The number of rotatable bonds is 1. The van der Waals surface area contributed by atoms with E-state index in [0.29, 0.717) is 0 Å². The van der Waals surface area contributed by atoms with E-state index in [-0.39, 0.29) is 11.5 Å². The zero-order valence-corrected chi connectivity index (χ0v) is 8.33. The Hall–Kier alpha value is -1.67. The molecule has 2 aliphatic heterocycles. The topological polar surface area (TPSA) is 49.4 Å². The van der Waals surface area contributed by atoms with Gasteiger partial charge in [0.2, 0.25) is 11.7 Å². The number of alkyl halides is 5. The summed E-state index contributed by atoms with van der Waals surface area (Å²) in [6.07, 6.45) is -4.42. The van der Waals surface area contributed by atoms with Crippen LogP contribution in [0.25, 0.3) is 0 Å². The Balaban J connectivity index is 2.39. The molecule has 2 aliphatic rings. The van der Waals surface area contributed by atoms with Crippen LogP contribution < -0.4 is 0 Å². The summed E-state index contributed by atoms with van der Waals surface area (Å²) in [6.45, 7) is 1.59. The summed E-state index contributed by atoms with van der Waals surface area (Å²) in [5.74, 6) is -7.00. The SMILES string of the molecule is CC1C=C2N=C(C(F)(F)C(F)(F)F)N=C2N=N1. The molecular formula is C8H5F5N4. The third-order valence-electron chi connectivity index (χ3n) is 2.04. The molecule has 0 saturated heterocycles. The van der Waals surface area contributed by atoms with E-state index < -0.39 is 24.0 Å². The molecular weight excluding hydrogens is 247 g/mol. The van der Waals surface area contributed by atoms with E-state index >= 15 is 0 Å². The predicted octanol–water partition coefficient (Wildman–Crippen LogP) is 2.73. The van der Waals surface area contributed by atoms with Crippen molar-refractivity contribution in [2.75, 3.05) is 0 Å². The molecule has 1 unspecified atom stereocenters. The Morgan fingerprint density at radius 3 is 2.35 bits per heavy atom. The molecule has 0 N–H and O–H groups in total. The summed E-state index contributed by atoms with van der Waals surface area (Å²) in [5.41, 5.74) is -0.105. The molecule has 0 aromatic carbocycles. The standard InChI is InChI=1S/C8H5F5N4/c1-3-2-4-5(17-16-3)15-6(14-4)7(9,10)8(11,12)13/h2-3H,1H3. The Labute approximate surface area is 91.7 Å². The van der Waals surface area contributed by atoms with Crippen LogP contribution in [-0.4, -0.2) is 29.8 Å². The lowest BCUT2D eigenvalue weighted by Gasteiger charge is -2.16. The predicted molar refractivity (Wildman–Crippen MR) is 48.3 cm³/mol. The van der Waals surface area contributed by atoms with Gasteiger partial charge in [0, 0.05) is 0 Å². The van der Waals surface area contributed by atoms with E-state index in [1.54, 1.807) is 6.92 Å². The van der Waals surface area contributed by atoms with Crippen LogP contribution in [-0.2, 0) is 0 Å². The maximum absolute atomic E-state index is 12.9. The van der Waals surface area contributed by atoms with Crippen molar-refractivity contribution in [2.45, 2.75) is 25.1 Å². The third-order valence-corrected chi connectivity index (χ3v) is 2.04. The molecule has 0 aromatic heterocycles. The summed E-state index contributed by atoms with van der Waals surface area (Å²) in [7, 11) is 0. The van der Waals surface area contributed by atoms with Gasteiger partial charge in [-0.1, -0.05) is 0 Å². The van der Waals surface area contributed by atoms with Crippen molar-refractivity contribution in [3.8, 4) is 0 Å². The molecule has 0 radical (unpaired) electrons. The van der Waals surface area contributed by atoms with Gasteiger partial charge in [-0.3, -0.25) is 0 Å². The molecule has 0 saturated carbocycles. The largest absolute Gasteiger partial charge is 0.461 e. The highest BCUT2D eigenvalue weighted by atomic mass is 19.4. The molecule has 0 spiro atoms. The summed E-state index contributed by atoms with van der Waals surface area (Å²) < 4.78 is 62.0. The van der Waals surface area contributed by atoms with E-state index in [9.17, 15) is 22.0 Å². The summed E-state index contributed by atoms with van der Waals surface area (Å²) in [4.78, 5) is 6.20. The average Bonchev–Trinajstić information content (AvgIpc) is 2.58. The maximum atomic E-state index is 12.9. The first-order valence-electron chi connectivity index (χ1n) is 4.47. The summed E-state index contributed by atoms with van der Waals surface area (Å²) in [5, 5.41) is 6.98. The lowest BCUT2D eigenvalue weighted by Crippen LogP contribution is -2.42. The lowest BCUT2D eigenvalue weighted by molar-refractivity contribution is -0.249. The quantitative estimate of drug-likeness (QED) is 0.644. The number of nitrogens with zero attached hydrogens (tertiary/aromatic N) is 4. The lowest BCUT2D eigenvalue weighted by atomic mass is 10.2. The molecule has 2 heterocycles. The fourth-order valence-electron chi connectivity index (χ4n) is 1.21. The van der Waals surface area contributed by atoms with Gasteiger partial charge < -0.3 is 0 Å². The minimum atomic E-state index is -5.73. The first-order valence-corrected chi connectivity index (χ1v) is 4.47. The van der Waals surface area contributed by atoms with Crippen LogP contribution >= 0.6 is 0 Å². The minimum Gasteiger partial charge on any atom is -0.223 e. The van der Waals surface area contributed by atoms with Crippen molar-refractivity contribution in [3.05, 3.63) is 11.8 Å². The van der Waals surface area contributed by atoms with Gasteiger partial charge in [-0.05, 0) is 13.0 Å². The van der Waals surface area contributed by atoms with Crippen LogP contribution in [0.4, 0.5) is 22.0 Å². The molecule has 4 nitrogen and oxygen atoms in total. The Kier molecular flexibility index (Phi) is 2.37. The zero-order chi connectivity index (χ0) is 12.8. The first-order chi connectivity index (χ1) is 7.72. The highest BCUT2D eigenvalue weighted by Gasteiger charge is 2.62. The highest BCUT2D eigenvalue weighted by Crippen LogP contribution is 2.39. The van der Waals surface area contributed by atoms with Crippen molar-refractivity contribution >= 4 is 11.7 Å². The number of aliphatic imine (C=N–C) groups is 2. The second-order valence-corrected chi connectivity index (χ2v) is 3.45. The van der Waals surface area contributed by atoms with E-state index in [1.165, 1.54) is 6.08 Å². The highest BCUT2D eigenvalue weighted by molar-refractivity contribution is 6.14. The Bertz CT molecular complexity index is 471. The maximum Gasteiger partial charge on any atom is 0.461 e. The van der Waals surface area contributed by atoms with E-state index in [0.717, 1.165) is 0 Å². The third kappa shape index (κ3) is 1.85. The van der Waals surface area contributed by atoms with Crippen LogP contribution in [0.15, 0.2) is 32.0 Å². The smallest absolute Gasteiger partial charge is 0.223 e. The molecule has 2 rings (SSSR count). The number of azo groups is 1. The fraction of sp³-hybridized carbons (Fsp3) is 0.500. The van der Waals surface area contributed by atoms with Crippen molar-refractivity contribution in [3.63, 3.8) is 0 Å². The fourth-order valence-corrected chi connectivity index (χ4v) is 1.21. The van der Waals surface area contributed by atoms with Crippen LogP contribution in [0, 0.1) is 0 Å². The average molecular weight is 252 g/mol. The monoisotopic (exact) mass is 252 g/mol. The first kappa shape index (κ1) is 11.8. The summed E-state index contributed by atoms with van der Waals surface area (Å²) >= 11 is 0. The molecule has 0 bridgehead atoms. The minimum absolute atomic E-state index is 0.105.